The molecule has 0 saturated heterocycles. The van der Waals surface area contributed by atoms with Crippen LogP contribution in [0.3, 0.4) is 0 Å². The summed E-state index contributed by atoms with van der Waals surface area (Å²) in [5.74, 6) is -0.942. The lowest BCUT2D eigenvalue weighted by Crippen LogP contribution is -2.27. The van der Waals surface area contributed by atoms with Crippen molar-refractivity contribution in [1.82, 2.24) is 4.98 Å². The summed E-state index contributed by atoms with van der Waals surface area (Å²) in [4.78, 5) is 14.5. The van der Waals surface area contributed by atoms with Crippen molar-refractivity contribution < 1.29 is 35.9 Å². The minimum absolute atomic E-state index is 0.0128. The van der Waals surface area contributed by atoms with E-state index in [0.29, 0.717) is 17.8 Å². The van der Waals surface area contributed by atoms with Gasteiger partial charge in [0.1, 0.15) is 22.9 Å². The van der Waals surface area contributed by atoms with Crippen LogP contribution in [-0.4, -0.2) is 10.9 Å². The second kappa shape index (κ2) is 7.33. The Labute approximate surface area is 156 Å². The van der Waals surface area contributed by atoms with Crippen molar-refractivity contribution in [2.75, 3.05) is 5.32 Å². The molecule has 2 aromatic rings. The largest absolute Gasteiger partial charge is 0.457 e. The van der Waals surface area contributed by atoms with Crippen LogP contribution in [0.4, 0.5) is 32.0 Å². The van der Waals surface area contributed by atoms with E-state index in [1.165, 1.54) is 24.3 Å². The maximum atomic E-state index is 12.8. The van der Waals surface area contributed by atoms with Gasteiger partial charge in [-0.15, -0.1) is 0 Å². The van der Waals surface area contributed by atoms with Gasteiger partial charge >= 0.3 is 12.4 Å². The number of anilines is 1. The molecule has 0 aliphatic heterocycles. The number of aromatic nitrogens is 1. The lowest BCUT2D eigenvalue weighted by atomic mass is 9.95. The number of hydrogen-bond acceptors (Lipinski definition) is 3. The van der Waals surface area contributed by atoms with Crippen molar-refractivity contribution in [3.05, 3.63) is 47.8 Å². The summed E-state index contributed by atoms with van der Waals surface area (Å²) in [5, 5.41) is 2.63. The van der Waals surface area contributed by atoms with Crippen LogP contribution in [0.5, 0.6) is 11.5 Å². The summed E-state index contributed by atoms with van der Waals surface area (Å²) >= 11 is 0. The number of rotatable bonds is 3. The first-order valence-corrected chi connectivity index (χ1v) is 7.92. The molecule has 0 saturated carbocycles. The highest BCUT2D eigenvalue weighted by atomic mass is 19.4. The highest BCUT2D eigenvalue weighted by Gasteiger charge is 2.39. The van der Waals surface area contributed by atoms with Gasteiger partial charge in [0, 0.05) is 23.2 Å². The Balaban J connectivity index is 2.26. The van der Waals surface area contributed by atoms with Crippen LogP contribution in [0, 0.1) is 5.41 Å². The molecule has 1 heterocycles. The minimum Gasteiger partial charge on any atom is -0.457 e. The third-order valence-electron chi connectivity index (χ3n) is 3.41. The van der Waals surface area contributed by atoms with Crippen LogP contribution in [0.2, 0.25) is 0 Å². The first-order chi connectivity index (χ1) is 12.7. The zero-order chi connectivity index (χ0) is 21.3. The molecule has 28 heavy (non-hydrogen) atoms. The maximum Gasteiger partial charge on any atom is 0.433 e. The number of carbonyl (C=O) groups excluding carboxylic acids is 1. The number of amides is 1. The zero-order valence-electron chi connectivity index (χ0n) is 15.0. The van der Waals surface area contributed by atoms with Gasteiger partial charge in [0.25, 0.3) is 0 Å². The van der Waals surface area contributed by atoms with Crippen LogP contribution >= 0.6 is 0 Å². The van der Waals surface area contributed by atoms with Gasteiger partial charge in [-0.05, 0) is 24.3 Å². The van der Waals surface area contributed by atoms with E-state index in [2.05, 4.69) is 10.3 Å². The number of pyridine rings is 1. The van der Waals surface area contributed by atoms with Gasteiger partial charge in [0.05, 0.1) is 0 Å². The number of ether oxygens (including phenoxy) is 1. The number of hydrogen-bond donors (Lipinski definition) is 1. The Hall–Kier alpha value is -2.78. The number of halogens is 6. The van der Waals surface area contributed by atoms with E-state index in [0.717, 1.165) is 0 Å². The average molecular weight is 406 g/mol. The van der Waals surface area contributed by atoms with Crippen LogP contribution in [0.1, 0.15) is 32.2 Å². The standard InChI is InChI=1S/C18H16F6N2O2/c1-16(2,3)15(27)25-10-4-6-11(7-5-10)28-12-8-13(17(19,20)21)26-14(9-12)18(22,23)24/h4-9H,1-3H3,(H,25,27). The van der Waals surface area contributed by atoms with Gasteiger partial charge in [-0.3, -0.25) is 4.79 Å². The number of benzene rings is 1. The highest BCUT2D eigenvalue weighted by molar-refractivity contribution is 5.94. The van der Waals surface area contributed by atoms with E-state index in [9.17, 15) is 31.1 Å². The third-order valence-corrected chi connectivity index (χ3v) is 3.41. The Morgan fingerprint density at radius 2 is 1.32 bits per heavy atom. The Bertz CT molecular complexity index is 820. The fourth-order valence-electron chi connectivity index (χ4n) is 1.92. The Morgan fingerprint density at radius 3 is 1.71 bits per heavy atom. The van der Waals surface area contributed by atoms with Crippen LogP contribution in [0.15, 0.2) is 36.4 Å². The molecule has 0 aliphatic rings. The molecule has 10 heteroatoms. The predicted octanol–water partition coefficient (Wildman–Crippen LogP) is 5.90. The molecule has 1 amide bonds. The molecule has 0 fully saturated rings. The van der Waals surface area contributed by atoms with Crippen molar-refractivity contribution in [2.45, 2.75) is 33.1 Å². The molecule has 0 atom stereocenters. The molecule has 0 aliphatic carbocycles. The van der Waals surface area contributed by atoms with Crippen molar-refractivity contribution in [3.63, 3.8) is 0 Å². The number of carbonyl (C=O) groups is 1. The summed E-state index contributed by atoms with van der Waals surface area (Å²) in [5.41, 5.74) is -3.68. The molecule has 0 unspecified atom stereocenters. The molecule has 2 rings (SSSR count). The quantitative estimate of drug-likeness (QED) is 0.646. The summed E-state index contributed by atoms with van der Waals surface area (Å²) in [6, 6.07) is 6.19. The van der Waals surface area contributed by atoms with E-state index in [4.69, 9.17) is 4.74 Å². The first-order valence-electron chi connectivity index (χ1n) is 7.92. The van der Waals surface area contributed by atoms with Gasteiger partial charge in [-0.2, -0.15) is 26.3 Å². The highest BCUT2D eigenvalue weighted by Crippen LogP contribution is 2.37. The summed E-state index contributed by atoms with van der Waals surface area (Å²) < 4.78 is 82.0. The molecule has 152 valence electrons. The molecule has 4 nitrogen and oxygen atoms in total. The average Bonchev–Trinajstić information content (AvgIpc) is 2.54. The van der Waals surface area contributed by atoms with Crippen LogP contribution in [0.25, 0.3) is 0 Å². The smallest absolute Gasteiger partial charge is 0.433 e. The lowest BCUT2D eigenvalue weighted by Gasteiger charge is -2.18. The van der Waals surface area contributed by atoms with Crippen LogP contribution < -0.4 is 10.1 Å². The number of nitrogens with one attached hydrogen (secondary N) is 1. The molecule has 1 aromatic heterocycles. The van der Waals surface area contributed by atoms with E-state index in [-0.39, 0.29) is 11.7 Å². The van der Waals surface area contributed by atoms with E-state index in [1.54, 1.807) is 20.8 Å². The Kier molecular flexibility index (Phi) is 5.63. The fraction of sp³-hybridized carbons (Fsp3) is 0.333. The monoisotopic (exact) mass is 406 g/mol. The summed E-state index contributed by atoms with van der Waals surface area (Å²) in [6.07, 6.45) is -10.1. The summed E-state index contributed by atoms with van der Waals surface area (Å²) in [6.45, 7) is 5.12. The third kappa shape index (κ3) is 5.61. The maximum absolute atomic E-state index is 12.8. The molecule has 1 N–H and O–H groups in total. The molecule has 0 spiro atoms. The Morgan fingerprint density at radius 1 is 0.857 bits per heavy atom. The normalized spacial score (nSPS) is 12.6. The molecule has 0 bridgehead atoms. The van der Waals surface area contributed by atoms with E-state index in [1.807, 2.05) is 0 Å². The van der Waals surface area contributed by atoms with Crippen molar-refractivity contribution in [1.29, 1.82) is 0 Å². The SMILES string of the molecule is CC(C)(C)C(=O)Nc1ccc(Oc2cc(C(F)(F)F)nc(C(F)(F)F)c2)cc1. The van der Waals surface area contributed by atoms with Gasteiger partial charge in [0.15, 0.2) is 0 Å². The first kappa shape index (κ1) is 21.5. The number of nitrogens with zero attached hydrogens (tertiary/aromatic N) is 1. The topological polar surface area (TPSA) is 51.2 Å². The van der Waals surface area contributed by atoms with E-state index < -0.39 is 34.9 Å². The molecule has 0 radical (unpaired) electrons. The second-order valence-electron chi connectivity index (χ2n) is 6.90. The fourth-order valence-corrected chi connectivity index (χ4v) is 1.92. The second-order valence-corrected chi connectivity index (χ2v) is 6.90. The van der Waals surface area contributed by atoms with Crippen molar-refractivity contribution in [3.8, 4) is 11.5 Å². The molecular formula is C18H16F6N2O2. The predicted molar refractivity (Wildman–Crippen MR) is 88.8 cm³/mol. The van der Waals surface area contributed by atoms with Crippen LogP contribution in [-0.2, 0) is 17.1 Å². The van der Waals surface area contributed by atoms with Gasteiger partial charge in [-0.1, -0.05) is 20.8 Å². The van der Waals surface area contributed by atoms with E-state index >= 15 is 0 Å². The van der Waals surface area contributed by atoms with Gasteiger partial charge < -0.3 is 10.1 Å². The van der Waals surface area contributed by atoms with Gasteiger partial charge in [-0.25, -0.2) is 4.98 Å². The minimum atomic E-state index is -5.07. The molecular weight excluding hydrogens is 390 g/mol. The lowest BCUT2D eigenvalue weighted by molar-refractivity contribution is -0.150. The number of alkyl halides is 6. The van der Waals surface area contributed by atoms with Gasteiger partial charge in [0.2, 0.25) is 5.91 Å². The molecule has 1 aromatic carbocycles. The van der Waals surface area contributed by atoms with Crippen molar-refractivity contribution in [2.24, 2.45) is 5.41 Å². The zero-order valence-corrected chi connectivity index (χ0v) is 15.0. The van der Waals surface area contributed by atoms with Crippen molar-refractivity contribution >= 4 is 11.6 Å². The summed E-state index contributed by atoms with van der Waals surface area (Å²) in [7, 11) is 0.